The van der Waals surface area contributed by atoms with Gasteiger partial charge in [0, 0.05) is 11.6 Å². The number of hydrogen-bond acceptors (Lipinski definition) is 3. The fourth-order valence-electron chi connectivity index (χ4n) is 3.19. The van der Waals surface area contributed by atoms with E-state index < -0.39 is 5.54 Å². The zero-order valence-corrected chi connectivity index (χ0v) is 9.65. The van der Waals surface area contributed by atoms with E-state index in [4.69, 9.17) is 0 Å². The molecule has 1 aromatic rings. The number of ketones is 1. The van der Waals surface area contributed by atoms with Gasteiger partial charge in [-0.25, -0.2) is 0 Å². The number of carbonyl (C=O) groups excluding carboxylic acids is 1. The van der Waals surface area contributed by atoms with E-state index >= 15 is 0 Å². The van der Waals surface area contributed by atoms with E-state index in [-0.39, 0.29) is 11.9 Å². The van der Waals surface area contributed by atoms with Crippen molar-refractivity contribution in [1.29, 1.82) is 0 Å². The third kappa shape index (κ3) is 1.79. The number of carbonyl (C=O) groups is 1. The van der Waals surface area contributed by atoms with E-state index in [2.05, 4.69) is 11.4 Å². The molecule has 2 bridgehead atoms. The average molecular weight is 230 g/mol. The van der Waals surface area contributed by atoms with Crippen LogP contribution in [0.25, 0.3) is 0 Å². The van der Waals surface area contributed by atoms with Crippen LogP contribution in [-0.4, -0.2) is 28.6 Å². The zero-order valence-electron chi connectivity index (χ0n) is 9.65. The van der Waals surface area contributed by atoms with Crippen molar-refractivity contribution in [3.8, 4) is 0 Å². The van der Waals surface area contributed by atoms with Gasteiger partial charge in [-0.2, -0.15) is 0 Å². The molecule has 3 rings (SSSR count). The lowest BCUT2D eigenvalue weighted by molar-refractivity contribution is 0.0595. The Kier molecular flexibility index (Phi) is 2.53. The van der Waals surface area contributed by atoms with Crippen molar-refractivity contribution in [2.45, 2.75) is 43.4 Å². The Morgan fingerprint density at radius 1 is 1.47 bits per heavy atom. The summed E-state index contributed by atoms with van der Waals surface area (Å²) < 4.78 is 0. The van der Waals surface area contributed by atoms with Crippen LogP contribution in [0.4, 0.5) is 0 Å². The van der Waals surface area contributed by atoms with E-state index in [1.54, 1.807) is 24.3 Å². The van der Waals surface area contributed by atoms with Crippen molar-refractivity contribution < 1.29 is 9.90 Å². The summed E-state index contributed by atoms with van der Waals surface area (Å²) >= 11 is 0. The third-order valence-electron chi connectivity index (χ3n) is 3.96. The summed E-state index contributed by atoms with van der Waals surface area (Å²) in [5, 5.41) is 13.3. The number of piperidine rings is 1. The normalized spacial score (nSPS) is 35.8. The second kappa shape index (κ2) is 3.93. The molecular weight excluding hydrogens is 214 g/mol. The molecule has 2 aliphatic rings. The first kappa shape index (κ1) is 10.9. The van der Waals surface area contributed by atoms with Crippen molar-refractivity contribution >= 4 is 5.78 Å². The van der Waals surface area contributed by atoms with Gasteiger partial charge in [0.25, 0.3) is 0 Å². The van der Waals surface area contributed by atoms with E-state index in [0.717, 1.165) is 19.3 Å². The Bertz CT molecular complexity index is 431. The molecule has 3 atom stereocenters. The molecule has 1 aromatic carbocycles. The van der Waals surface area contributed by atoms with E-state index in [0.29, 0.717) is 18.0 Å². The molecule has 0 aromatic heterocycles. The van der Waals surface area contributed by atoms with Gasteiger partial charge in [0.05, 0.1) is 11.6 Å². The first-order valence-corrected chi connectivity index (χ1v) is 6.16. The Morgan fingerprint density at radius 2 is 2.24 bits per heavy atom. The molecule has 1 radical (unpaired) electrons. The molecule has 2 heterocycles. The predicted octanol–water partition coefficient (Wildman–Crippen LogP) is 1.31. The van der Waals surface area contributed by atoms with E-state index in [1.807, 2.05) is 0 Å². The van der Waals surface area contributed by atoms with Gasteiger partial charge >= 0.3 is 0 Å². The maximum atomic E-state index is 12.5. The Morgan fingerprint density at radius 3 is 3.00 bits per heavy atom. The first-order valence-electron chi connectivity index (χ1n) is 6.16. The highest BCUT2D eigenvalue weighted by molar-refractivity contribution is 6.03. The van der Waals surface area contributed by atoms with Crippen LogP contribution in [-0.2, 0) is 0 Å². The average Bonchev–Trinajstić information content (AvgIpc) is 2.66. The highest BCUT2D eigenvalue weighted by atomic mass is 16.3. The third-order valence-corrected chi connectivity index (χ3v) is 3.96. The maximum absolute atomic E-state index is 12.5. The summed E-state index contributed by atoms with van der Waals surface area (Å²) in [6, 6.07) is 10.3. The number of Topliss-reactive ketones (excluding diaryl/α,β-unsaturated/α-hetero) is 1. The van der Waals surface area contributed by atoms with Crippen molar-refractivity contribution in [3.63, 3.8) is 0 Å². The number of aliphatic hydroxyl groups is 1. The smallest absolute Gasteiger partial charge is 0.182 e. The monoisotopic (exact) mass is 230 g/mol. The molecule has 2 N–H and O–H groups in total. The molecule has 2 aliphatic heterocycles. The quantitative estimate of drug-likeness (QED) is 0.753. The fourth-order valence-corrected chi connectivity index (χ4v) is 3.19. The van der Waals surface area contributed by atoms with Crippen molar-refractivity contribution in [3.05, 3.63) is 35.9 Å². The lowest BCUT2D eigenvalue weighted by atomic mass is 9.82. The minimum absolute atomic E-state index is 0.118. The summed E-state index contributed by atoms with van der Waals surface area (Å²) in [4.78, 5) is 12.5. The molecule has 0 spiro atoms. The van der Waals surface area contributed by atoms with Gasteiger partial charge in [0.1, 0.15) is 0 Å². The van der Waals surface area contributed by atoms with Gasteiger partial charge in [-0.3, -0.25) is 4.79 Å². The summed E-state index contributed by atoms with van der Waals surface area (Å²) in [5.74, 6) is 0.118. The van der Waals surface area contributed by atoms with Gasteiger partial charge in [0.2, 0.25) is 0 Å². The maximum Gasteiger partial charge on any atom is 0.182 e. The standard InChI is InChI=1S/C14H16NO2/c16-12-8-11-6-7-14(9-12,15-11)13(17)10-4-2-1-3-5-10/h2-5,11-12,15-16H,6-9H2. The van der Waals surface area contributed by atoms with E-state index in [1.165, 1.54) is 0 Å². The van der Waals surface area contributed by atoms with Gasteiger partial charge in [-0.15, -0.1) is 0 Å². The molecule has 3 heteroatoms. The predicted molar refractivity (Wildman–Crippen MR) is 63.7 cm³/mol. The van der Waals surface area contributed by atoms with Crippen LogP contribution in [0.1, 0.15) is 36.0 Å². The number of fused-ring (bicyclic) bond motifs is 2. The number of aliphatic hydroxyl groups excluding tert-OH is 1. The van der Waals surface area contributed by atoms with Crippen LogP contribution in [0.3, 0.4) is 0 Å². The van der Waals surface area contributed by atoms with Crippen LogP contribution >= 0.6 is 0 Å². The largest absolute Gasteiger partial charge is 0.393 e. The van der Waals surface area contributed by atoms with E-state index in [9.17, 15) is 9.90 Å². The second-order valence-corrected chi connectivity index (χ2v) is 5.17. The molecular formula is C14H16NO2. The molecule has 3 nitrogen and oxygen atoms in total. The molecule has 17 heavy (non-hydrogen) atoms. The fraction of sp³-hybridized carbons (Fsp3) is 0.500. The lowest BCUT2D eigenvalue weighted by Crippen LogP contribution is -2.56. The molecule has 3 unspecified atom stereocenters. The SMILES string of the molecule is O=C(c1cc[c]cc1)C12CCC(CC(O)C1)N2. The van der Waals surface area contributed by atoms with Gasteiger partial charge < -0.3 is 10.4 Å². The van der Waals surface area contributed by atoms with Crippen molar-refractivity contribution in [2.24, 2.45) is 0 Å². The minimum Gasteiger partial charge on any atom is -0.393 e. The van der Waals surface area contributed by atoms with Crippen LogP contribution < -0.4 is 5.32 Å². The lowest BCUT2D eigenvalue weighted by Gasteiger charge is -2.36. The summed E-state index contributed by atoms with van der Waals surface area (Å²) in [5.41, 5.74) is 0.190. The Hall–Kier alpha value is -1.19. The number of benzene rings is 1. The summed E-state index contributed by atoms with van der Waals surface area (Å²) in [6.45, 7) is 0. The highest BCUT2D eigenvalue weighted by Crippen LogP contribution is 2.37. The molecule has 89 valence electrons. The van der Waals surface area contributed by atoms with Gasteiger partial charge in [-0.05, 0) is 31.7 Å². The molecule has 0 saturated carbocycles. The number of nitrogens with one attached hydrogen (secondary N) is 1. The van der Waals surface area contributed by atoms with Crippen molar-refractivity contribution in [2.75, 3.05) is 0 Å². The second-order valence-electron chi connectivity index (χ2n) is 5.17. The Labute approximate surface area is 101 Å². The highest BCUT2D eigenvalue weighted by Gasteiger charge is 2.49. The first-order chi connectivity index (χ1) is 8.20. The van der Waals surface area contributed by atoms with Gasteiger partial charge in [0.15, 0.2) is 5.78 Å². The molecule has 2 saturated heterocycles. The Balaban J connectivity index is 1.91. The minimum atomic E-state index is -0.524. The van der Waals surface area contributed by atoms with Crippen molar-refractivity contribution in [1.82, 2.24) is 5.32 Å². The number of hydrogen-bond donors (Lipinski definition) is 2. The molecule has 0 amide bonds. The zero-order chi connectivity index (χ0) is 11.9. The van der Waals surface area contributed by atoms with Crippen LogP contribution in [0.15, 0.2) is 24.3 Å². The summed E-state index contributed by atoms with van der Waals surface area (Å²) in [6.07, 6.45) is 2.80. The molecule has 2 fully saturated rings. The van der Waals surface area contributed by atoms with Gasteiger partial charge in [-0.1, -0.05) is 24.3 Å². The summed E-state index contributed by atoms with van der Waals surface area (Å²) in [7, 11) is 0. The number of rotatable bonds is 2. The molecule has 0 aliphatic carbocycles. The van der Waals surface area contributed by atoms with Crippen LogP contribution in [0, 0.1) is 6.07 Å². The van der Waals surface area contributed by atoms with Crippen LogP contribution in [0.5, 0.6) is 0 Å². The van der Waals surface area contributed by atoms with Crippen LogP contribution in [0.2, 0.25) is 0 Å². The topological polar surface area (TPSA) is 49.3 Å².